The maximum absolute atomic E-state index is 12.0. The van der Waals surface area contributed by atoms with E-state index in [1.807, 2.05) is 25.1 Å². The van der Waals surface area contributed by atoms with Crippen LogP contribution < -0.4 is 11.1 Å². The van der Waals surface area contributed by atoms with E-state index in [9.17, 15) is 4.79 Å². The van der Waals surface area contributed by atoms with Gasteiger partial charge in [0.1, 0.15) is 0 Å². The van der Waals surface area contributed by atoms with Crippen molar-refractivity contribution in [2.24, 2.45) is 0 Å². The fourth-order valence-corrected chi connectivity index (χ4v) is 2.29. The Balaban J connectivity index is 1.92. The van der Waals surface area contributed by atoms with E-state index < -0.39 is 0 Å². The van der Waals surface area contributed by atoms with Gasteiger partial charge in [-0.05, 0) is 43.9 Å². The molecule has 4 heteroatoms. The highest BCUT2D eigenvalue weighted by atomic mass is 16.2. The lowest BCUT2D eigenvalue weighted by molar-refractivity contribution is -0.123. The van der Waals surface area contributed by atoms with E-state index in [0.29, 0.717) is 12.6 Å². The summed E-state index contributed by atoms with van der Waals surface area (Å²) < 4.78 is 0. The summed E-state index contributed by atoms with van der Waals surface area (Å²) in [7, 11) is 0. The number of benzene rings is 1. The molecule has 0 heterocycles. The van der Waals surface area contributed by atoms with Crippen molar-refractivity contribution in [2.75, 3.05) is 12.3 Å². The minimum atomic E-state index is 0.121. The van der Waals surface area contributed by atoms with Crippen molar-refractivity contribution in [2.45, 2.75) is 51.7 Å². The number of hydrogen-bond acceptors (Lipinski definition) is 3. The minimum Gasteiger partial charge on any atom is -0.399 e. The van der Waals surface area contributed by atoms with E-state index in [1.54, 1.807) is 0 Å². The maximum atomic E-state index is 12.0. The topological polar surface area (TPSA) is 58.4 Å². The van der Waals surface area contributed by atoms with Gasteiger partial charge in [-0.15, -0.1) is 0 Å². The lowest BCUT2D eigenvalue weighted by Gasteiger charge is -2.22. The maximum Gasteiger partial charge on any atom is 0.234 e. The summed E-state index contributed by atoms with van der Waals surface area (Å²) in [5.41, 5.74) is 7.77. The van der Waals surface area contributed by atoms with Gasteiger partial charge in [0, 0.05) is 24.3 Å². The first-order valence-electron chi connectivity index (χ1n) is 7.46. The molecule has 110 valence electrons. The molecule has 3 N–H and O–H groups in total. The van der Waals surface area contributed by atoms with Gasteiger partial charge in [0.25, 0.3) is 0 Å². The molecule has 1 aromatic carbocycles. The van der Waals surface area contributed by atoms with E-state index in [2.05, 4.69) is 23.2 Å². The number of nitrogens with two attached hydrogens (primary N) is 1. The summed E-state index contributed by atoms with van der Waals surface area (Å²) in [6.07, 6.45) is 3.35. The first kappa shape index (κ1) is 14.9. The molecule has 1 atom stereocenters. The minimum absolute atomic E-state index is 0.121. The van der Waals surface area contributed by atoms with Crippen molar-refractivity contribution >= 4 is 11.6 Å². The van der Waals surface area contributed by atoms with E-state index >= 15 is 0 Å². The molecule has 20 heavy (non-hydrogen) atoms. The zero-order valence-electron chi connectivity index (χ0n) is 12.4. The monoisotopic (exact) mass is 275 g/mol. The van der Waals surface area contributed by atoms with Gasteiger partial charge in [-0.3, -0.25) is 9.69 Å². The summed E-state index contributed by atoms with van der Waals surface area (Å²) in [5, 5.41) is 3.03. The number of carbonyl (C=O) groups excluding carboxylic acids is 1. The lowest BCUT2D eigenvalue weighted by atomic mass is 10.2. The summed E-state index contributed by atoms with van der Waals surface area (Å²) in [5.74, 6) is 0.121. The van der Waals surface area contributed by atoms with Crippen LogP contribution in [0.25, 0.3) is 0 Å². The number of rotatable bonds is 7. The molecule has 0 radical (unpaired) electrons. The quantitative estimate of drug-likeness (QED) is 0.750. The van der Waals surface area contributed by atoms with Crippen LogP contribution in [0.1, 0.15) is 38.7 Å². The van der Waals surface area contributed by atoms with Crippen LogP contribution in [0.5, 0.6) is 0 Å². The number of hydrogen-bond donors (Lipinski definition) is 2. The average Bonchev–Trinajstić information content (AvgIpc) is 3.22. The second kappa shape index (κ2) is 6.75. The van der Waals surface area contributed by atoms with Crippen LogP contribution in [0.2, 0.25) is 0 Å². The van der Waals surface area contributed by atoms with Crippen LogP contribution in [0.3, 0.4) is 0 Å². The Labute approximate surface area is 121 Å². The number of carbonyl (C=O) groups is 1. The average molecular weight is 275 g/mol. The molecule has 1 saturated carbocycles. The largest absolute Gasteiger partial charge is 0.399 e. The van der Waals surface area contributed by atoms with E-state index in [0.717, 1.165) is 18.7 Å². The Morgan fingerprint density at radius 2 is 2.25 bits per heavy atom. The van der Waals surface area contributed by atoms with Gasteiger partial charge >= 0.3 is 0 Å². The Kier molecular flexibility index (Phi) is 5.01. The normalized spacial score (nSPS) is 16.1. The highest BCUT2D eigenvalue weighted by molar-refractivity contribution is 5.78. The predicted molar refractivity (Wildman–Crippen MR) is 82.2 cm³/mol. The number of amides is 1. The number of anilines is 1. The van der Waals surface area contributed by atoms with Crippen molar-refractivity contribution < 1.29 is 4.79 Å². The Morgan fingerprint density at radius 3 is 2.85 bits per heavy atom. The Morgan fingerprint density at radius 1 is 1.50 bits per heavy atom. The fourth-order valence-electron chi connectivity index (χ4n) is 2.29. The summed E-state index contributed by atoms with van der Waals surface area (Å²) in [6, 6.07) is 8.71. The molecule has 2 rings (SSSR count). The number of nitrogens with one attached hydrogen (secondary N) is 1. The molecule has 0 spiro atoms. The predicted octanol–water partition coefficient (Wildman–Crippen LogP) is 2.15. The van der Waals surface area contributed by atoms with Gasteiger partial charge in [0.2, 0.25) is 5.91 Å². The lowest BCUT2D eigenvalue weighted by Crippen LogP contribution is -2.41. The Hall–Kier alpha value is -1.55. The van der Waals surface area contributed by atoms with Gasteiger partial charge in [-0.2, -0.15) is 0 Å². The van der Waals surface area contributed by atoms with E-state index in [-0.39, 0.29) is 11.9 Å². The van der Waals surface area contributed by atoms with Crippen LogP contribution in [-0.4, -0.2) is 29.4 Å². The molecule has 0 bridgehead atoms. The van der Waals surface area contributed by atoms with Gasteiger partial charge in [-0.25, -0.2) is 0 Å². The molecular weight excluding hydrogens is 250 g/mol. The number of nitrogens with zero attached hydrogens (tertiary/aromatic N) is 1. The molecule has 1 aliphatic carbocycles. The SMILES string of the molecule is CCC(C)NC(=O)CN(Cc1cccc(N)c1)C1CC1. The Bertz CT molecular complexity index is 457. The second-order valence-electron chi connectivity index (χ2n) is 5.76. The van der Waals surface area contributed by atoms with Crippen LogP contribution in [0, 0.1) is 0 Å². The van der Waals surface area contributed by atoms with E-state index in [1.165, 1.54) is 18.4 Å². The van der Waals surface area contributed by atoms with Crippen molar-refractivity contribution in [1.82, 2.24) is 10.2 Å². The summed E-state index contributed by atoms with van der Waals surface area (Å²) >= 11 is 0. The standard InChI is InChI=1S/C16H25N3O/c1-3-12(2)18-16(20)11-19(15-7-8-15)10-13-5-4-6-14(17)9-13/h4-6,9,12,15H,3,7-8,10-11,17H2,1-2H3,(H,18,20). The molecular formula is C16H25N3O. The first-order chi connectivity index (χ1) is 9.58. The number of nitrogen functional groups attached to an aromatic ring is 1. The molecule has 0 aromatic heterocycles. The van der Waals surface area contributed by atoms with Crippen molar-refractivity contribution in [3.63, 3.8) is 0 Å². The molecule has 1 unspecified atom stereocenters. The van der Waals surface area contributed by atoms with Crippen molar-refractivity contribution in [3.8, 4) is 0 Å². The smallest absolute Gasteiger partial charge is 0.234 e. The van der Waals surface area contributed by atoms with Gasteiger partial charge in [0.15, 0.2) is 0 Å². The molecule has 1 amide bonds. The molecule has 1 aromatic rings. The first-order valence-corrected chi connectivity index (χ1v) is 7.46. The zero-order valence-corrected chi connectivity index (χ0v) is 12.4. The summed E-state index contributed by atoms with van der Waals surface area (Å²) in [4.78, 5) is 14.3. The van der Waals surface area contributed by atoms with Crippen LogP contribution in [-0.2, 0) is 11.3 Å². The molecule has 1 aliphatic rings. The van der Waals surface area contributed by atoms with E-state index in [4.69, 9.17) is 5.73 Å². The van der Waals surface area contributed by atoms with Gasteiger partial charge < -0.3 is 11.1 Å². The molecule has 0 aliphatic heterocycles. The third-order valence-electron chi connectivity index (χ3n) is 3.77. The second-order valence-corrected chi connectivity index (χ2v) is 5.76. The fraction of sp³-hybridized carbons (Fsp3) is 0.562. The van der Waals surface area contributed by atoms with Gasteiger partial charge in [-0.1, -0.05) is 19.1 Å². The van der Waals surface area contributed by atoms with Gasteiger partial charge in [0.05, 0.1) is 6.54 Å². The van der Waals surface area contributed by atoms with Crippen LogP contribution in [0.4, 0.5) is 5.69 Å². The molecule has 0 saturated heterocycles. The van der Waals surface area contributed by atoms with Crippen LogP contribution >= 0.6 is 0 Å². The third kappa shape index (κ3) is 4.53. The molecule has 4 nitrogen and oxygen atoms in total. The highest BCUT2D eigenvalue weighted by Crippen LogP contribution is 2.28. The molecule has 1 fully saturated rings. The highest BCUT2D eigenvalue weighted by Gasteiger charge is 2.30. The van der Waals surface area contributed by atoms with Crippen molar-refractivity contribution in [3.05, 3.63) is 29.8 Å². The van der Waals surface area contributed by atoms with Crippen LogP contribution in [0.15, 0.2) is 24.3 Å². The van der Waals surface area contributed by atoms with Crippen molar-refractivity contribution in [1.29, 1.82) is 0 Å². The summed E-state index contributed by atoms with van der Waals surface area (Å²) in [6.45, 7) is 5.39. The third-order valence-corrected chi connectivity index (χ3v) is 3.77. The zero-order chi connectivity index (χ0) is 14.5.